The quantitative estimate of drug-likeness (QED) is 0.282. The zero-order valence-corrected chi connectivity index (χ0v) is 9.62. The topological polar surface area (TPSA) is 90.7 Å². The maximum Gasteiger partial charge on any atom is 0.325 e. The van der Waals surface area contributed by atoms with Crippen LogP contribution in [-0.2, 0) is 19.2 Å². The van der Waals surface area contributed by atoms with Gasteiger partial charge in [-0.3, -0.25) is 9.59 Å². The molecule has 0 unspecified atom stereocenters. The summed E-state index contributed by atoms with van der Waals surface area (Å²) >= 11 is 0. The highest BCUT2D eigenvalue weighted by Gasteiger charge is 2.08. The maximum absolute atomic E-state index is 11.1. The van der Waals surface area contributed by atoms with Crippen molar-refractivity contribution in [3.63, 3.8) is 0 Å². The number of carbonyl (C=O) groups is 2. The molecular weight excluding hydrogens is 212 g/mol. The van der Waals surface area contributed by atoms with Gasteiger partial charge >= 0.3 is 11.9 Å². The van der Waals surface area contributed by atoms with Crippen LogP contribution >= 0.6 is 0 Å². The van der Waals surface area contributed by atoms with Crippen molar-refractivity contribution in [3.8, 4) is 0 Å². The third-order valence-corrected chi connectivity index (χ3v) is 1.39. The molecule has 6 nitrogen and oxygen atoms in total. The van der Waals surface area contributed by atoms with E-state index in [4.69, 9.17) is 10.5 Å². The Balaban J connectivity index is 3.59. The van der Waals surface area contributed by atoms with E-state index in [1.807, 2.05) is 0 Å². The predicted molar refractivity (Wildman–Crippen MR) is 57.9 cm³/mol. The van der Waals surface area contributed by atoms with Crippen LogP contribution in [-0.4, -0.2) is 25.0 Å². The van der Waals surface area contributed by atoms with Crippen LogP contribution in [0, 0.1) is 0 Å². The summed E-state index contributed by atoms with van der Waals surface area (Å²) < 4.78 is 4.73. The van der Waals surface area contributed by atoms with Crippen molar-refractivity contribution in [2.75, 3.05) is 13.1 Å². The lowest BCUT2D eigenvalue weighted by atomic mass is 10.3. The van der Waals surface area contributed by atoms with E-state index in [0.29, 0.717) is 13.1 Å². The fourth-order valence-electron chi connectivity index (χ4n) is 0.688. The smallest absolute Gasteiger partial charge is 0.325 e. The monoisotopic (exact) mass is 230 g/mol. The van der Waals surface area contributed by atoms with Crippen molar-refractivity contribution < 1.29 is 19.2 Å². The van der Waals surface area contributed by atoms with Gasteiger partial charge in [-0.15, -0.1) is 0 Å². The molecular formula is C10H18N2O4. The number of nitrogens with two attached hydrogens (primary N) is 1. The molecule has 0 aliphatic carbocycles. The number of hydrogen-bond acceptors (Lipinski definition) is 6. The van der Waals surface area contributed by atoms with E-state index in [2.05, 4.69) is 10.3 Å². The molecule has 0 spiro atoms. The van der Waals surface area contributed by atoms with Crippen molar-refractivity contribution in [1.29, 1.82) is 0 Å². The lowest BCUT2D eigenvalue weighted by Gasteiger charge is -2.03. The molecule has 0 aromatic carbocycles. The molecule has 0 aromatic heterocycles. The Morgan fingerprint density at radius 2 is 1.88 bits per heavy atom. The summed E-state index contributed by atoms with van der Waals surface area (Å²) in [5, 5.41) is 0. The lowest BCUT2D eigenvalue weighted by molar-refractivity contribution is -0.153. The average Bonchev–Trinajstić information content (AvgIpc) is 2.24. The number of ether oxygens (including phenoxy) is 1. The third kappa shape index (κ3) is 9.17. The van der Waals surface area contributed by atoms with E-state index in [0.717, 1.165) is 5.57 Å². The molecule has 0 atom stereocenters. The van der Waals surface area contributed by atoms with Gasteiger partial charge < -0.3 is 15.3 Å². The molecule has 6 heteroatoms. The van der Waals surface area contributed by atoms with Crippen LogP contribution in [0.1, 0.15) is 26.7 Å². The highest BCUT2D eigenvalue weighted by atomic mass is 16.7. The van der Waals surface area contributed by atoms with Crippen LogP contribution in [0.2, 0.25) is 0 Å². The molecule has 3 N–H and O–H groups in total. The zero-order valence-electron chi connectivity index (χ0n) is 9.62. The first-order valence-corrected chi connectivity index (χ1v) is 5.01. The second-order valence-corrected chi connectivity index (χ2v) is 3.34. The molecule has 0 aromatic rings. The summed E-state index contributed by atoms with van der Waals surface area (Å²) in [7, 11) is 0. The highest BCUT2D eigenvalue weighted by Crippen LogP contribution is 1.97. The van der Waals surface area contributed by atoms with E-state index in [-0.39, 0.29) is 12.8 Å². The zero-order chi connectivity index (χ0) is 12.4. The van der Waals surface area contributed by atoms with Crippen molar-refractivity contribution in [3.05, 3.63) is 11.8 Å². The fraction of sp³-hybridized carbons (Fsp3) is 0.600. The van der Waals surface area contributed by atoms with E-state index in [9.17, 15) is 9.59 Å². The lowest BCUT2D eigenvalue weighted by Crippen LogP contribution is -2.26. The summed E-state index contributed by atoms with van der Waals surface area (Å²) in [4.78, 5) is 26.6. The first-order chi connectivity index (χ1) is 7.56. The molecule has 0 rings (SSSR count). The number of hydrogen-bond donors (Lipinski definition) is 2. The normalized spacial score (nSPS) is 9.44. The molecule has 0 heterocycles. The number of hydroxylamine groups is 1. The predicted octanol–water partition coefficient (Wildman–Crippen LogP) is 0.240. The summed E-state index contributed by atoms with van der Waals surface area (Å²) in [6.45, 7) is 4.36. The van der Waals surface area contributed by atoms with Crippen LogP contribution in [0.3, 0.4) is 0 Å². The van der Waals surface area contributed by atoms with Gasteiger partial charge in [0.15, 0.2) is 0 Å². The third-order valence-electron chi connectivity index (χ3n) is 1.39. The van der Waals surface area contributed by atoms with Gasteiger partial charge in [-0.05, 0) is 19.4 Å². The Labute approximate surface area is 94.7 Å². The molecule has 16 heavy (non-hydrogen) atoms. The molecule has 0 saturated carbocycles. The first kappa shape index (κ1) is 14.6. The van der Waals surface area contributed by atoms with E-state index < -0.39 is 11.9 Å². The number of nitrogens with one attached hydrogen (secondary N) is 1. The number of esters is 1. The Morgan fingerprint density at radius 1 is 1.25 bits per heavy atom. The minimum atomic E-state index is -0.511. The Morgan fingerprint density at radius 3 is 2.44 bits per heavy atom. The minimum absolute atomic E-state index is 0.00703. The average molecular weight is 230 g/mol. The molecule has 0 radical (unpaired) electrons. The van der Waals surface area contributed by atoms with Crippen molar-refractivity contribution in [2.24, 2.45) is 5.73 Å². The fourth-order valence-corrected chi connectivity index (χ4v) is 0.688. The highest BCUT2D eigenvalue weighted by molar-refractivity contribution is 5.77. The number of allylic oxidation sites excluding steroid dienone is 1. The van der Waals surface area contributed by atoms with Gasteiger partial charge in [0.2, 0.25) is 0 Å². The van der Waals surface area contributed by atoms with Crippen LogP contribution in [0.5, 0.6) is 0 Å². The number of rotatable bonds is 7. The van der Waals surface area contributed by atoms with Gasteiger partial charge in [-0.2, -0.15) is 5.48 Å². The van der Waals surface area contributed by atoms with Crippen molar-refractivity contribution in [2.45, 2.75) is 26.7 Å². The molecule has 0 saturated heterocycles. The van der Waals surface area contributed by atoms with Gasteiger partial charge in [0.05, 0.1) is 19.1 Å². The Kier molecular flexibility index (Phi) is 8.10. The van der Waals surface area contributed by atoms with Gasteiger partial charge in [0, 0.05) is 13.1 Å². The number of carbonyl (C=O) groups excluding carboxylic acids is 2. The van der Waals surface area contributed by atoms with Crippen LogP contribution < -0.4 is 11.2 Å². The molecule has 0 fully saturated rings. The van der Waals surface area contributed by atoms with Crippen LogP contribution in [0.4, 0.5) is 0 Å². The molecule has 0 aliphatic heterocycles. The largest absolute Gasteiger partial charge is 0.435 e. The Hall–Kier alpha value is -1.40. The first-order valence-electron chi connectivity index (χ1n) is 5.01. The second-order valence-electron chi connectivity index (χ2n) is 3.34. The summed E-state index contributed by atoms with van der Waals surface area (Å²) in [6.07, 6.45) is 1.32. The van der Waals surface area contributed by atoms with Crippen molar-refractivity contribution >= 4 is 11.9 Å². The second kappa shape index (κ2) is 8.87. The molecule has 92 valence electrons. The maximum atomic E-state index is 11.1. The van der Waals surface area contributed by atoms with Gasteiger partial charge in [-0.25, -0.2) is 0 Å². The van der Waals surface area contributed by atoms with Gasteiger partial charge in [0.25, 0.3) is 0 Å². The Bertz CT molecular complexity index is 260. The summed E-state index contributed by atoms with van der Waals surface area (Å²) in [6, 6.07) is 0. The summed E-state index contributed by atoms with van der Waals surface area (Å²) in [5.41, 5.74) is 8.42. The van der Waals surface area contributed by atoms with E-state index in [1.165, 1.54) is 6.26 Å². The molecule has 0 aliphatic rings. The summed E-state index contributed by atoms with van der Waals surface area (Å²) in [5.74, 6) is -0.973. The van der Waals surface area contributed by atoms with E-state index >= 15 is 0 Å². The van der Waals surface area contributed by atoms with Gasteiger partial charge in [0.1, 0.15) is 0 Å². The van der Waals surface area contributed by atoms with Crippen LogP contribution in [0.15, 0.2) is 11.8 Å². The SMILES string of the molecule is CC(C)=COC(=O)CCC(=O)ONCCN. The van der Waals surface area contributed by atoms with Gasteiger partial charge in [-0.1, -0.05) is 0 Å². The van der Waals surface area contributed by atoms with Crippen molar-refractivity contribution in [1.82, 2.24) is 5.48 Å². The van der Waals surface area contributed by atoms with Crippen LogP contribution in [0.25, 0.3) is 0 Å². The van der Waals surface area contributed by atoms with E-state index in [1.54, 1.807) is 13.8 Å². The molecule has 0 bridgehead atoms. The standard InChI is InChI=1S/C10H18N2O4/c1-8(2)7-15-9(13)3-4-10(14)16-12-6-5-11/h7,12H,3-6,11H2,1-2H3. The molecule has 0 amide bonds. The minimum Gasteiger partial charge on any atom is -0.435 e.